The van der Waals surface area contributed by atoms with Crippen molar-refractivity contribution in [3.05, 3.63) is 29.8 Å². The van der Waals surface area contributed by atoms with Gasteiger partial charge >= 0.3 is 5.97 Å². The first-order valence-electron chi connectivity index (χ1n) is 7.11. The van der Waals surface area contributed by atoms with E-state index in [1.165, 1.54) is 0 Å². The van der Waals surface area contributed by atoms with Gasteiger partial charge in [0.05, 0.1) is 12.0 Å². The maximum Gasteiger partial charge on any atom is 0.309 e. The largest absolute Gasteiger partial charge is 0.494 e. The molecule has 20 heavy (non-hydrogen) atoms. The summed E-state index contributed by atoms with van der Waals surface area (Å²) in [5.74, 6) is 0.131. The lowest BCUT2D eigenvalue weighted by Gasteiger charge is -2.19. The standard InChI is InChI=1S/C16H25NO3/c1-4-10-20-14-7-5-6-13(11-14)12-17-9-8-16(2,3)15(18)19/h5-7,11,17H,4,8-10,12H2,1-3H3,(H,18,19). The van der Waals surface area contributed by atoms with Gasteiger partial charge in [-0.15, -0.1) is 0 Å². The third kappa shape index (κ3) is 5.61. The van der Waals surface area contributed by atoms with Crippen molar-refractivity contribution in [1.82, 2.24) is 5.32 Å². The van der Waals surface area contributed by atoms with E-state index >= 15 is 0 Å². The van der Waals surface area contributed by atoms with Gasteiger partial charge in [0.15, 0.2) is 0 Å². The molecule has 0 amide bonds. The number of nitrogens with one attached hydrogen (secondary N) is 1. The quantitative estimate of drug-likeness (QED) is 0.682. The van der Waals surface area contributed by atoms with Crippen molar-refractivity contribution in [3.8, 4) is 5.75 Å². The Balaban J connectivity index is 2.37. The molecule has 1 aromatic rings. The molecule has 1 aromatic carbocycles. The van der Waals surface area contributed by atoms with Gasteiger partial charge in [0.25, 0.3) is 0 Å². The molecule has 0 fully saturated rings. The summed E-state index contributed by atoms with van der Waals surface area (Å²) in [7, 11) is 0. The number of carbonyl (C=O) groups is 1. The van der Waals surface area contributed by atoms with Gasteiger partial charge in [-0.3, -0.25) is 4.79 Å². The van der Waals surface area contributed by atoms with Crippen molar-refractivity contribution < 1.29 is 14.6 Å². The van der Waals surface area contributed by atoms with Crippen LogP contribution in [-0.2, 0) is 11.3 Å². The average Bonchev–Trinajstić information content (AvgIpc) is 2.41. The van der Waals surface area contributed by atoms with Crippen LogP contribution in [0.2, 0.25) is 0 Å². The van der Waals surface area contributed by atoms with E-state index in [4.69, 9.17) is 9.84 Å². The summed E-state index contributed by atoms with van der Waals surface area (Å²) in [6, 6.07) is 7.98. The van der Waals surface area contributed by atoms with Crippen LogP contribution in [0.5, 0.6) is 5.75 Å². The molecule has 4 nitrogen and oxygen atoms in total. The fraction of sp³-hybridized carbons (Fsp3) is 0.562. The second-order valence-corrected chi connectivity index (χ2v) is 5.61. The lowest BCUT2D eigenvalue weighted by atomic mass is 9.90. The predicted molar refractivity (Wildman–Crippen MR) is 80.0 cm³/mol. The van der Waals surface area contributed by atoms with E-state index in [-0.39, 0.29) is 0 Å². The summed E-state index contributed by atoms with van der Waals surface area (Å²) in [6.07, 6.45) is 1.60. The first-order valence-corrected chi connectivity index (χ1v) is 7.11. The minimum absolute atomic E-state index is 0.606. The molecule has 0 bridgehead atoms. The number of carboxylic acids is 1. The molecule has 4 heteroatoms. The van der Waals surface area contributed by atoms with E-state index in [0.29, 0.717) is 13.0 Å². The third-order valence-electron chi connectivity index (χ3n) is 3.21. The van der Waals surface area contributed by atoms with E-state index in [1.807, 2.05) is 24.3 Å². The second kappa shape index (κ2) is 7.90. The highest BCUT2D eigenvalue weighted by Gasteiger charge is 2.25. The molecule has 0 saturated heterocycles. The normalized spacial score (nSPS) is 11.3. The minimum atomic E-state index is -0.755. The summed E-state index contributed by atoms with van der Waals surface area (Å²) in [6.45, 7) is 7.70. The van der Waals surface area contributed by atoms with Crippen LogP contribution in [0.15, 0.2) is 24.3 Å². The smallest absolute Gasteiger partial charge is 0.309 e. The number of hydrogen-bond donors (Lipinski definition) is 2. The van der Waals surface area contributed by atoms with Gasteiger partial charge in [0.1, 0.15) is 5.75 Å². The molecule has 0 atom stereocenters. The van der Waals surface area contributed by atoms with Crippen LogP contribution in [0.4, 0.5) is 0 Å². The average molecular weight is 279 g/mol. The number of carboxylic acid groups (broad SMARTS) is 1. The topological polar surface area (TPSA) is 58.6 Å². The van der Waals surface area contributed by atoms with Crippen LogP contribution >= 0.6 is 0 Å². The van der Waals surface area contributed by atoms with Crippen LogP contribution in [-0.4, -0.2) is 24.2 Å². The van der Waals surface area contributed by atoms with Crippen molar-refractivity contribution in [2.75, 3.05) is 13.2 Å². The number of ether oxygens (including phenoxy) is 1. The zero-order valence-electron chi connectivity index (χ0n) is 12.6. The Bertz CT molecular complexity index is 429. The number of hydrogen-bond acceptors (Lipinski definition) is 3. The Morgan fingerprint density at radius 1 is 1.40 bits per heavy atom. The van der Waals surface area contributed by atoms with Crippen molar-refractivity contribution in [1.29, 1.82) is 0 Å². The fourth-order valence-electron chi connectivity index (χ4n) is 1.71. The second-order valence-electron chi connectivity index (χ2n) is 5.61. The molecule has 0 aromatic heterocycles. The predicted octanol–water partition coefficient (Wildman–Crippen LogP) is 3.07. The van der Waals surface area contributed by atoms with Crippen molar-refractivity contribution in [3.63, 3.8) is 0 Å². The van der Waals surface area contributed by atoms with E-state index in [1.54, 1.807) is 13.8 Å². The molecule has 0 aliphatic heterocycles. The van der Waals surface area contributed by atoms with Crippen LogP contribution in [0.3, 0.4) is 0 Å². The Hall–Kier alpha value is -1.55. The number of aliphatic carboxylic acids is 1. The Morgan fingerprint density at radius 2 is 2.15 bits per heavy atom. The van der Waals surface area contributed by atoms with Gasteiger partial charge in [-0.25, -0.2) is 0 Å². The van der Waals surface area contributed by atoms with E-state index in [9.17, 15) is 4.79 Å². The fourth-order valence-corrected chi connectivity index (χ4v) is 1.71. The highest BCUT2D eigenvalue weighted by atomic mass is 16.5. The van der Waals surface area contributed by atoms with Crippen molar-refractivity contribution >= 4 is 5.97 Å². The molecule has 0 unspecified atom stereocenters. The number of rotatable bonds is 9. The first-order chi connectivity index (χ1) is 9.45. The minimum Gasteiger partial charge on any atom is -0.494 e. The molecular weight excluding hydrogens is 254 g/mol. The van der Waals surface area contributed by atoms with Gasteiger partial charge in [-0.2, -0.15) is 0 Å². The van der Waals surface area contributed by atoms with Gasteiger partial charge in [0, 0.05) is 6.54 Å². The molecule has 0 saturated carbocycles. The summed E-state index contributed by atoms with van der Waals surface area (Å²) in [4.78, 5) is 11.0. The van der Waals surface area contributed by atoms with Gasteiger partial charge < -0.3 is 15.2 Å². The molecule has 2 N–H and O–H groups in total. The molecule has 112 valence electrons. The maximum atomic E-state index is 11.0. The maximum absolute atomic E-state index is 11.0. The Morgan fingerprint density at radius 3 is 2.80 bits per heavy atom. The van der Waals surface area contributed by atoms with Gasteiger partial charge in [-0.05, 0) is 50.9 Å². The zero-order valence-corrected chi connectivity index (χ0v) is 12.6. The highest BCUT2D eigenvalue weighted by Crippen LogP contribution is 2.19. The highest BCUT2D eigenvalue weighted by molar-refractivity contribution is 5.73. The molecule has 1 rings (SSSR count). The molecule has 0 aliphatic carbocycles. The van der Waals surface area contributed by atoms with Crippen molar-refractivity contribution in [2.24, 2.45) is 5.41 Å². The van der Waals surface area contributed by atoms with E-state index in [2.05, 4.69) is 12.2 Å². The summed E-state index contributed by atoms with van der Waals surface area (Å²) in [5, 5.41) is 12.3. The van der Waals surface area contributed by atoms with Crippen molar-refractivity contribution in [2.45, 2.75) is 40.2 Å². The molecule has 0 radical (unpaired) electrons. The van der Waals surface area contributed by atoms with E-state index < -0.39 is 11.4 Å². The number of benzene rings is 1. The first kappa shape index (κ1) is 16.5. The summed E-state index contributed by atoms with van der Waals surface area (Å²) < 4.78 is 5.58. The Labute approximate surface area is 121 Å². The lowest BCUT2D eigenvalue weighted by Crippen LogP contribution is -2.28. The summed E-state index contributed by atoms with van der Waals surface area (Å²) >= 11 is 0. The van der Waals surface area contributed by atoms with Crippen LogP contribution in [0.1, 0.15) is 39.2 Å². The molecule has 0 spiro atoms. The molecule has 0 heterocycles. The van der Waals surface area contributed by atoms with Gasteiger partial charge in [0.2, 0.25) is 0 Å². The van der Waals surface area contributed by atoms with Crippen LogP contribution in [0, 0.1) is 5.41 Å². The zero-order chi connectivity index (χ0) is 15.0. The Kier molecular flexibility index (Phi) is 6.52. The SMILES string of the molecule is CCCOc1cccc(CNCCC(C)(C)C(=O)O)c1. The van der Waals surface area contributed by atoms with Crippen LogP contribution in [0.25, 0.3) is 0 Å². The van der Waals surface area contributed by atoms with E-state index in [0.717, 1.165) is 30.9 Å². The molecular formula is C16H25NO3. The van der Waals surface area contributed by atoms with Crippen LogP contribution < -0.4 is 10.1 Å². The monoisotopic (exact) mass is 279 g/mol. The molecule has 0 aliphatic rings. The van der Waals surface area contributed by atoms with Gasteiger partial charge in [-0.1, -0.05) is 19.1 Å². The lowest BCUT2D eigenvalue weighted by molar-refractivity contribution is -0.147. The summed E-state index contributed by atoms with van der Waals surface area (Å²) in [5.41, 5.74) is 0.464. The third-order valence-corrected chi connectivity index (χ3v) is 3.21.